The molecule has 0 saturated heterocycles. The normalized spacial score (nSPS) is 16.2. The average molecular weight is 260 g/mol. The van der Waals surface area contributed by atoms with Gasteiger partial charge in [-0.3, -0.25) is 4.79 Å². The van der Waals surface area contributed by atoms with Crippen molar-refractivity contribution in [1.29, 1.82) is 0 Å². The van der Waals surface area contributed by atoms with Gasteiger partial charge in [0.25, 0.3) is 0 Å². The van der Waals surface area contributed by atoms with Crippen LogP contribution in [0.5, 0.6) is 0 Å². The lowest BCUT2D eigenvalue weighted by molar-refractivity contribution is -0.122. The van der Waals surface area contributed by atoms with Gasteiger partial charge in [-0.25, -0.2) is 0 Å². The third-order valence-corrected chi connectivity index (χ3v) is 3.91. The Balaban J connectivity index is 1.64. The Morgan fingerprint density at radius 2 is 1.84 bits per heavy atom. The highest BCUT2D eigenvalue weighted by Crippen LogP contribution is 2.25. The lowest BCUT2D eigenvalue weighted by atomic mass is 9.87. The standard InChI is InChI=1S/C16H24N2O/c17-15-8-6-13(7-9-15)10-11-18-16(19)12-14-4-2-1-3-5-14/h6-9,14H,1-5,10-12,17H2,(H,18,19). The average Bonchev–Trinajstić information content (AvgIpc) is 2.42. The Morgan fingerprint density at radius 3 is 2.53 bits per heavy atom. The molecule has 104 valence electrons. The number of carbonyl (C=O) groups excluding carboxylic acids is 1. The molecular weight excluding hydrogens is 236 g/mol. The number of carbonyl (C=O) groups is 1. The van der Waals surface area contributed by atoms with Crippen LogP contribution < -0.4 is 11.1 Å². The summed E-state index contributed by atoms with van der Waals surface area (Å²) in [5, 5.41) is 3.02. The van der Waals surface area contributed by atoms with Crippen molar-refractivity contribution < 1.29 is 4.79 Å². The molecule has 3 nitrogen and oxygen atoms in total. The zero-order valence-electron chi connectivity index (χ0n) is 11.5. The Morgan fingerprint density at radius 1 is 1.16 bits per heavy atom. The van der Waals surface area contributed by atoms with Crippen LogP contribution in [0.2, 0.25) is 0 Å². The first-order valence-corrected chi connectivity index (χ1v) is 7.35. The lowest BCUT2D eigenvalue weighted by Crippen LogP contribution is -2.28. The van der Waals surface area contributed by atoms with E-state index >= 15 is 0 Å². The van der Waals surface area contributed by atoms with E-state index in [0.717, 1.165) is 18.7 Å². The lowest BCUT2D eigenvalue weighted by Gasteiger charge is -2.20. The van der Waals surface area contributed by atoms with Crippen LogP contribution in [0.25, 0.3) is 0 Å². The van der Waals surface area contributed by atoms with E-state index in [-0.39, 0.29) is 5.91 Å². The van der Waals surface area contributed by atoms with Gasteiger partial charge in [-0.05, 0) is 42.9 Å². The molecule has 1 fully saturated rings. The van der Waals surface area contributed by atoms with Gasteiger partial charge in [0.2, 0.25) is 5.91 Å². The third kappa shape index (κ3) is 4.93. The van der Waals surface area contributed by atoms with Crippen LogP contribution in [0.3, 0.4) is 0 Å². The van der Waals surface area contributed by atoms with Crippen molar-refractivity contribution in [2.75, 3.05) is 12.3 Å². The summed E-state index contributed by atoms with van der Waals surface area (Å²) in [5.41, 5.74) is 7.64. The van der Waals surface area contributed by atoms with Crippen LogP contribution in [-0.4, -0.2) is 12.5 Å². The van der Waals surface area contributed by atoms with Gasteiger partial charge in [0.05, 0.1) is 0 Å². The van der Waals surface area contributed by atoms with Gasteiger partial charge in [0, 0.05) is 18.7 Å². The Hall–Kier alpha value is -1.51. The topological polar surface area (TPSA) is 55.1 Å². The van der Waals surface area contributed by atoms with Crippen LogP contribution in [0, 0.1) is 5.92 Å². The summed E-state index contributed by atoms with van der Waals surface area (Å²) in [5.74, 6) is 0.826. The molecule has 1 aromatic rings. The monoisotopic (exact) mass is 260 g/mol. The quantitative estimate of drug-likeness (QED) is 0.800. The fraction of sp³-hybridized carbons (Fsp3) is 0.562. The van der Waals surface area contributed by atoms with Crippen molar-refractivity contribution in [2.24, 2.45) is 5.92 Å². The third-order valence-electron chi connectivity index (χ3n) is 3.91. The van der Waals surface area contributed by atoms with Gasteiger partial charge < -0.3 is 11.1 Å². The molecule has 1 aromatic carbocycles. The molecule has 0 heterocycles. The van der Waals surface area contributed by atoms with Crippen LogP contribution in [0.1, 0.15) is 44.1 Å². The summed E-state index contributed by atoms with van der Waals surface area (Å²) < 4.78 is 0. The largest absolute Gasteiger partial charge is 0.399 e. The number of hydrogen-bond acceptors (Lipinski definition) is 2. The maximum absolute atomic E-state index is 11.8. The van der Waals surface area contributed by atoms with E-state index in [4.69, 9.17) is 5.73 Å². The number of benzene rings is 1. The number of amides is 1. The van der Waals surface area contributed by atoms with Crippen LogP contribution in [0.4, 0.5) is 5.69 Å². The molecule has 0 bridgehead atoms. The highest BCUT2D eigenvalue weighted by atomic mass is 16.1. The van der Waals surface area contributed by atoms with Crippen LogP contribution in [0.15, 0.2) is 24.3 Å². The number of hydrogen-bond donors (Lipinski definition) is 2. The number of anilines is 1. The second kappa shape index (κ2) is 7.17. The van der Waals surface area contributed by atoms with Crippen molar-refractivity contribution >= 4 is 11.6 Å². The SMILES string of the molecule is Nc1ccc(CCNC(=O)CC2CCCCC2)cc1. The Kier molecular flexibility index (Phi) is 5.25. The fourth-order valence-corrected chi connectivity index (χ4v) is 2.76. The Bertz CT molecular complexity index is 394. The summed E-state index contributed by atoms with van der Waals surface area (Å²) in [6.07, 6.45) is 7.97. The minimum atomic E-state index is 0.211. The summed E-state index contributed by atoms with van der Waals surface area (Å²) in [7, 11) is 0. The summed E-state index contributed by atoms with van der Waals surface area (Å²) >= 11 is 0. The minimum absolute atomic E-state index is 0.211. The summed E-state index contributed by atoms with van der Waals surface area (Å²) in [6.45, 7) is 0.718. The highest BCUT2D eigenvalue weighted by molar-refractivity contribution is 5.76. The van der Waals surface area contributed by atoms with Crippen molar-refractivity contribution in [3.8, 4) is 0 Å². The molecule has 0 aliphatic heterocycles. The first-order valence-electron chi connectivity index (χ1n) is 7.35. The molecule has 0 radical (unpaired) electrons. The van der Waals surface area contributed by atoms with Crippen molar-refractivity contribution in [3.63, 3.8) is 0 Å². The Labute approximate surface area is 115 Å². The van der Waals surface area contributed by atoms with Crippen LogP contribution in [-0.2, 0) is 11.2 Å². The van der Waals surface area contributed by atoms with E-state index in [1.165, 1.54) is 37.7 Å². The maximum atomic E-state index is 11.8. The van der Waals surface area contributed by atoms with Gasteiger partial charge >= 0.3 is 0 Å². The molecule has 0 atom stereocenters. The molecule has 3 heteroatoms. The highest BCUT2D eigenvalue weighted by Gasteiger charge is 2.16. The van der Waals surface area contributed by atoms with E-state index in [1.807, 2.05) is 24.3 Å². The molecule has 1 aliphatic rings. The zero-order chi connectivity index (χ0) is 13.5. The van der Waals surface area contributed by atoms with Gasteiger partial charge in [-0.2, -0.15) is 0 Å². The van der Waals surface area contributed by atoms with E-state index < -0.39 is 0 Å². The molecule has 3 N–H and O–H groups in total. The molecule has 1 saturated carbocycles. The number of nitrogens with two attached hydrogens (primary N) is 1. The smallest absolute Gasteiger partial charge is 0.220 e. The number of rotatable bonds is 5. The molecule has 0 unspecified atom stereocenters. The molecule has 0 aromatic heterocycles. The van der Waals surface area contributed by atoms with Crippen molar-refractivity contribution in [1.82, 2.24) is 5.32 Å². The molecule has 19 heavy (non-hydrogen) atoms. The first-order chi connectivity index (χ1) is 9.24. The van der Waals surface area contributed by atoms with Gasteiger partial charge in [0.15, 0.2) is 0 Å². The van der Waals surface area contributed by atoms with E-state index in [2.05, 4.69) is 5.32 Å². The summed E-state index contributed by atoms with van der Waals surface area (Å²) in [6, 6.07) is 7.84. The number of nitrogen functional groups attached to an aromatic ring is 1. The maximum Gasteiger partial charge on any atom is 0.220 e. The van der Waals surface area contributed by atoms with E-state index in [1.54, 1.807) is 0 Å². The van der Waals surface area contributed by atoms with E-state index in [9.17, 15) is 4.79 Å². The second-order valence-electron chi connectivity index (χ2n) is 5.55. The second-order valence-corrected chi connectivity index (χ2v) is 5.55. The fourth-order valence-electron chi connectivity index (χ4n) is 2.76. The molecule has 0 spiro atoms. The van der Waals surface area contributed by atoms with Gasteiger partial charge in [-0.15, -0.1) is 0 Å². The van der Waals surface area contributed by atoms with Crippen LogP contribution >= 0.6 is 0 Å². The number of nitrogens with one attached hydrogen (secondary N) is 1. The first kappa shape index (κ1) is 13.9. The van der Waals surface area contributed by atoms with Crippen molar-refractivity contribution in [3.05, 3.63) is 29.8 Å². The van der Waals surface area contributed by atoms with Crippen molar-refractivity contribution in [2.45, 2.75) is 44.9 Å². The predicted octanol–water partition coefficient (Wildman–Crippen LogP) is 2.90. The summed E-state index contributed by atoms with van der Waals surface area (Å²) in [4.78, 5) is 11.8. The molecule has 1 aliphatic carbocycles. The van der Waals surface area contributed by atoms with Gasteiger partial charge in [0.1, 0.15) is 0 Å². The van der Waals surface area contributed by atoms with E-state index in [0.29, 0.717) is 12.3 Å². The molecular formula is C16H24N2O. The minimum Gasteiger partial charge on any atom is -0.399 e. The molecule has 2 rings (SSSR count). The van der Waals surface area contributed by atoms with Gasteiger partial charge in [-0.1, -0.05) is 31.4 Å². The zero-order valence-corrected chi connectivity index (χ0v) is 11.5. The predicted molar refractivity (Wildman–Crippen MR) is 78.8 cm³/mol. The molecule has 1 amide bonds.